The Kier molecular flexibility index (Phi) is 4.09. The Hall–Kier alpha value is -3.65. The highest BCUT2D eigenvalue weighted by atomic mass is 19.1. The van der Waals surface area contributed by atoms with E-state index < -0.39 is 0 Å². The number of nitrogens with zero attached hydrogens (tertiary/aromatic N) is 4. The van der Waals surface area contributed by atoms with Crippen LogP contribution < -0.4 is 4.90 Å². The SMILES string of the molecule is Cc1cc(N(C)c2ccc(C#N)cc2)n(-c2cc3ccccc3cc2F)n1. The molecule has 27 heavy (non-hydrogen) atoms. The summed E-state index contributed by atoms with van der Waals surface area (Å²) in [5.41, 5.74) is 2.67. The largest absolute Gasteiger partial charge is 0.329 e. The van der Waals surface area contributed by atoms with E-state index in [1.807, 2.05) is 67.4 Å². The molecule has 0 atom stereocenters. The molecule has 0 aliphatic rings. The highest BCUT2D eigenvalue weighted by Gasteiger charge is 2.17. The number of nitriles is 1. The first-order valence-electron chi connectivity index (χ1n) is 8.56. The van der Waals surface area contributed by atoms with Crippen LogP contribution in [0, 0.1) is 24.1 Å². The molecule has 4 rings (SSSR count). The van der Waals surface area contributed by atoms with Crippen LogP contribution in [0.25, 0.3) is 16.5 Å². The molecule has 0 N–H and O–H groups in total. The molecule has 132 valence electrons. The lowest BCUT2D eigenvalue weighted by molar-refractivity contribution is 0.612. The Balaban J connectivity index is 1.83. The normalized spacial score (nSPS) is 10.7. The summed E-state index contributed by atoms with van der Waals surface area (Å²) >= 11 is 0. The number of fused-ring (bicyclic) bond motifs is 1. The zero-order valence-corrected chi connectivity index (χ0v) is 15.0. The summed E-state index contributed by atoms with van der Waals surface area (Å²) < 4.78 is 16.5. The molecule has 0 saturated carbocycles. The van der Waals surface area contributed by atoms with Crippen LogP contribution in [-0.2, 0) is 0 Å². The number of aryl methyl sites for hydroxylation is 1. The lowest BCUT2D eigenvalue weighted by atomic mass is 10.1. The lowest BCUT2D eigenvalue weighted by Crippen LogP contribution is -2.15. The van der Waals surface area contributed by atoms with E-state index >= 15 is 0 Å². The molecule has 0 spiro atoms. The summed E-state index contributed by atoms with van der Waals surface area (Å²) in [6, 6.07) is 22.3. The first-order chi connectivity index (χ1) is 13.1. The van der Waals surface area contributed by atoms with Gasteiger partial charge in [-0.1, -0.05) is 24.3 Å². The topological polar surface area (TPSA) is 44.9 Å². The molecule has 0 saturated heterocycles. The summed E-state index contributed by atoms with van der Waals surface area (Å²) in [5.74, 6) is 0.415. The van der Waals surface area contributed by atoms with Gasteiger partial charge in [-0.15, -0.1) is 0 Å². The molecular weight excluding hydrogens is 339 g/mol. The molecular formula is C22H17FN4. The van der Waals surface area contributed by atoms with E-state index in [0.29, 0.717) is 11.3 Å². The van der Waals surface area contributed by atoms with E-state index in [1.54, 1.807) is 16.8 Å². The highest BCUT2D eigenvalue weighted by molar-refractivity contribution is 5.85. The molecule has 4 aromatic rings. The smallest absolute Gasteiger partial charge is 0.149 e. The average Bonchev–Trinajstić information content (AvgIpc) is 3.08. The summed E-state index contributed by atoms with van der Waals surface area (Å²) in [4.78, 5) is 1.93. The van der Waals surface area contributed by atoms with Crippen molar-refractivity contribution in [3.05, 3.63) is 83.8 Å². The molecule has 0 aliphatic carbocycles. The van der Waals surface area contributed by atoms with E-state index in [-0.39, 0.29) is 5.82 Å². The fourth-order valence-corrected chi connectivity index (χ4v) is 3.16. The minimum absolute atomic E-state index is 0.328. The van der Waals surface area contributed by atoms with E-state index in [1.165, 1.54) is 6.07 Å². The Morgan fingerprint density at radius 1 is 1.00 bits per heavy atom. The van der Waals surface area contributed by atoms with Crippen molar-refractivity contribution in [1.82, 2.24) is 9.78 Å². The van der Waals surface area contributed by atoms with Crippen molar-refractivity contribution in [3.8, 4) is 11.8 Å². The third kappa shape index (κ3) is 3.02. The number of halogens is 1. The van der Waals surface area contributed by atoms with E-state index in [9.17, 15) is 4.39 Å². The van der Waals surface area contributed by atoms with Gasteiger partial charge in [0, 0.05) is 18.8 Å². The van der Waals surface area contributed by atoms with E-state index in [0.717, 1.165) is 28.0 Å². The monoisotopic (exact) mass is 356 g/mol. The van der Waals surface area contributed by atoms with Gasteiger partial charge in [-0.3, -0.25) is 0 Å². The van der Waals surface area contributed by atoms with E-state index in [2.05, 4.69) is 11.2 Å². The minimum Gasteiger partial charge on any atom is -0.329 e. The Labute approximate surface area is 156 Å². The van der Waals surface area contributed by atoms with Crippen molar-refractivity contribution in [3.63, 3.8) is 0 Å². The third-order valence-corrected chi connectivity index (χ3v) is 4.58. The molecule has 4 nitrogen and oxygen atoms in total. The van der Waals surface area contributed by atoms with Crippen LogP contribution in [0.4, 0.5) is 15.9 Å². The molecule has 1 aromatic heterocycles. The second-order valence-electron chi connectivity index (χ2n) is 6.42. The van der Waals surface area contributed by atoms with Crippen LogP contribution in [-0.4, -0.2) is 16.8 Å². The Morgan fingerprint density at radius 3 is 2.33 bits per heavy atom. The maximum atomic E-state index is 14.8. The van der Waals surface area contributed by atoms with Crippen LogP contribution >= 0.6 is 0 Å². The fourth-order valence-electron chi connectivity index (χ4n) is 3.16. The fraction of sp³-hybridized carbons (Fsp3) is 0.0909. The zero-order valence-electron chi connectivity index (χ0n) is 15.0. The summed E-state index contributed by atoms with van der Waals surface area (Å²) in [6.45, 7) is 1.88. The van der Waals surface area contributed by atoms with Crippen LogP contribution in [0.3, 0.4) is 0 Å². The van der Waals surface area contributed by atoms with Gasteiger partial charge in [0.25, 0.3) is 0 Å². The van der Waals surface area contributed by atoms with Crippen molar-refractivity contribution in [2.45, 2.75) is 6.92 Å². The van der Waals surface area contributed by atoms with Crippen molar-refractivity contribution in [1.29, 1.82) is 5.26 Å². The van der Waals surface area contributed by atoms with Crippen LogP contribution in [0.2, 0.25) is 0 Å². The van der Waals surface area contributed by atoms with E-state index in [4.69, 9.17) is 5.26 Å². The molecule has 1 heterocycles. The van der Waals surface area contributed by atoms with Gasteiger partial charge in [-0.05, 0) is 54.1 Å². The molecule has 0 radical (unpaired) electrons. The Bertz CT molecular complexity index is 1170. The number of hydrogen-bond acceptors (Lipinski definition) is 3. The number of rotatable bonds is 3. The number of anilines is 2. The van der Waals surface area contributed by atoms with Gasteiger partial charge in [0.15, 0.2) is 0 Å². The highest BCUT2D eigenvalue weighted by Crippen LogP contribution is 2.30. The zero-order chi connectivity index (χ0) is 19.0. The van der Waals surface area contributed by atoms with Crippen molar-refractivity contribution < 1.29 is 4.39 Å². The molecule has 0 fully saturated rings. The van der Waals surface area contributed by atoms with Gasteiger partial charge in [0.2, 0.25) is 0 Å². The van der Waals surface area contributed by atoms with Crippen molar-refractivity contribution >= 4 is 22.3 Å². The molecule has 0 aliphatic heterocycles. The predicted molar refractivity (Wildman–Crippen MR) is 105 cm³/mol. The molecule has 5 heteroatoms. The first-order valence-corrected chi connectivity index (χ1v) is 8.56. The van der Waals surface area contributed by atoms with Gasteiger partial charge in [0.05, 0.1) is 17.3 Å². The predicted octanol–water partition coefficient (Wildman–Crippen LogP) is 5.11. The average molecular weight is 356 g/mol. The molecule has 3 aromatic carbocycles. The van der Waals surface area contributed by atoms with Crippen LogP contribution in [0.5, 0.6) is 0 Å². The van der Waals surface area contributed by atoms with Crippen molar-refractivity contribution in [2.75, 3.05) is 11.9 Å². The van der Waals surface area contributed by atoms with Gasteiger partial charge >= 0.3 is 0 Å². The second-order valence-corrected chi connectivity index (χ2v) is 6.42. The summed E-state index contributed by atoms with van der Waals surface area (Å²) in [5, 5.41) is 15.3. The van der Waals surface area contributed by atoms with Gasteiger partial charge in [-0.25, -0.2) is 9.07 Å². The second kappa shape index (κ2) is 6.58. The lowest BCUT2D eigenvalue weighted by Gasteiger charge is -2.21. The number of aromatic nitrogens is 2. The van der Waals surface area contributed by atoms with Crippen LogP contribution in [0.15, 0.2) is 66.7 Å². The minimum atomic E-state index is -0.328. The van der Waals surface area contributed by atoms with Crippen molar-refractivity contribution in [2.24, 2.45) is 0 Å². The molecule has 0 amide bonds. The number of hydrogen-bond donors (Lipinski definition) is 0. The quantitative estimate of drug-likeness (QED) is 0.512. The van der Waals surface area contributed by atoms with Crippen LogP contribution in [0.1, 0.15) is 11.3 Å². The molecule has 0 unspecified atom stereocenters. The summed E-state index contributed by atoms with van der Waals surface area (Å²) in [7, 11) is 1.90. The summed E-state index contributed by atoms with van der Waals surface area (Å²) in [6.07, 6.45) is 0. The Morgan fingerprint density at radius 2 is 1.67 bits per heavy atom. The number of benzene rings is 3. The third-order valence-electron chi connectivity index (χ3n) is 4.58. The maximum Gasteiger partial charge on any atom is 0.149 e. The first kappa shape index (κ1) is 16.8. The maximum absolute atomic E-state index is 14.8. The van der Waals surface area contributed by atoms with Gasteiger partial charge < -0.3 is 4.90 Å². The van der Waals surface area contributed by atoms with Gasteiger partial charge in [0.1, 0.15) is 17.3 Å². The van der Waals surface area contributed by atoms with Gasteiger partial charge in [-0.2, -0.15) is 10.4 Å². The molecule has 0 bridgehead atoms. The standard InChI is InChI=1S/C22H17FN4/c1-15-11-22(26(2)19-9-7-16(14-24)8-10-19)27(25-15)21-13-18-6-4-3-5-17(18)12-20(21)23/h3-13H,1-2H3.